The van der Waals surface area contributed by atoms with E-state index in [1.807, 2.05) is 20.8 Å². The van der Waals surface area contributed by atoms with Crippen molar-refractivity contribution in [2.45, 2.75) is 32.9 Å². The lowest BCUT2D eigenvalue weighted by Gasteiger charge is -2.18. The van der Waals surface area contributed by atoms with Crippen LogP contribution in [0.3, 0.4) is 0 Å². The van der Waals surface area contributed by atoms with E-state index < -0.39 is 0 Å². The van der Waals surface area contributed by atoms with Crippen molar-refractivity contribution in [3.63, 3.8) is 0 Å². The lowest BCUT2D eigenvalue weighted by molar-refractivity contribution is 0.483. The Morgan fingerprint density at radius 2 is 2.07 bits per heavy atom. The zero-order valence-corrected chi connectivity index (χ0v) is 8.71. The van der Waals surface area contributed by atoms with Gasteiger partial charge in [0, 0.05) is 23.8 Å². The van der Waals surface area contributed by atoms with Crippen LogP contribution in [0, 0.1) is 5.82 Å². The van der Waals surface area contributed by atoms with Crippen molar-refractivity contribution in [1.29, 1.82) is 0 Å². The van der Waals surface area contributed by atoms with Crippen molar-refractivity contribution in [3.8, 4) is 0 Å². The van der Waals surface area contributed by atoms with E-state index in [2.05, 4.69) is 10.3 Å². The Morgan fingerprint density at radius 3 is 2.57 bits per heavy atom. The summed E-state index contributed by atoms with van der Waals surface area (Å²) >= 11 is 0. The number of hydrogen-bond donors (Lipinski definition) is 2. The number of pyridine rings is 1. The van der Waals surface area contributed by atoms with E-state index in [0.29, 0.717) is 5.56 Å². The highest BCUT2D eigenvalue weighted by Gasteiger charge is 2.15. The van der Waals surface area contributed by atoms with Crippen LogP contribution in [0.25, 0.3) is 0 Å². The van der Waals surface area contributed by atoms with E-state index in [4.69, 9.17) is 5.73 Å². The number of nitrogens with one attached hydrogen (secondary N) is 1. The molecule has 0 radical (unpaired) electrons. The van der Waals surface area contributed by atoms with Gasteiger partial charge in [-0.05, 0) is 13.0 Å². The average molecular weight is 197 g/mol. The minimum absolute atomic E-state index is 0.122. The number of aromatic nitrogens is 1. The van der Waals surface area contributed by atoms with Gasteiger partial charge in [0.05, 0.1) is 0 Å². The molecule has 0 spiro atoms. The number of nitrogens with zero attached hydrogens (tertiary/aromatic N) is 1. The van der Waals surface area contributed by atoms with Gasteiger partial charge in [-0.25, -0.2) is 9.37 Å². The molecule has 0 fully saturated rings. The van der Waals surface area contributed by atoms with Gasteiger partial charge in [0.1, 0.15) is 11.6 Å². The van der Waals surface area contributed by atoms with Gasteiger partial charge < -0.3 is 11.1 Å². The molecule has 0 aliphatic rings. The lowest BCUT2D eigenvalue weighted by atomic mass is 10.1. The minimum atomic E-state index is -0.307. The van der Waals surface area contributed by atoms with Crippen LogP contribution >= 0.6 is 0 Å². The number of hydrogen-bond acceptors (Lipinski definition) is 3. The largest absolute Gasteiger partial charge is 0.383 e. The zero-order chi connectivity index (χ0) is 10.7. The highest BCUT2D eigenvalue weighted by molar-refractivity contribution is 5.41. The van der Waals surface area contributed by atoms with E-state index in [1.165, 1.54) is 12.3 Å². The molecule has 0 saturated carbocycles. The van der Waals surface area contributed by atoms with Gasteiger partial charge in [-0.15, -0.1) is 0 Å². The summed E-state index contributed by atoms with van der Waals surface area (Å²) in [7, 11) is 0. The summed E-state index contributed by atoms with van der Waals surface area (Å²) in [5, 5.41) is 3.18. The third-order valence-electron chi connectivity index (χ3n) is 1.98. The summed E-state index contributed by atoms with van der Waals surface area (Å²) in [6.45, 7) is 5.87. The molecular formula is C10H16FN3. The fourth-order valence-corrected chi connectivity index (χ4v) is 1.48. The molecule has 78 valence electrons. The molecule has 3 N–H and O–H groups in total. The first kappa shape index (κ1) is 10.9. The van der Waals surface area contributed by atoms with Gasteiger partial charge >= 0.3 is 0 Å². The van der Waals surface area contributed by atoms with E-state index in [0.717, 1.165) is 0 Å². The summed E-state index contributed by atoms with van der Waals surface area (Å²) in [5.74, 6) is -0.0520. The van der Waals surface area contributed by atoms with Crippen molar-refractivity contribution >= 4 is 5.82 Å². The second-order valence-electron chi connectivity index (χ2n) is 3.63. The lowest BCUT2D eigenvalue weighted by Crippen LogP contribution is -2.27. The summed E-state index contributed by atoms with van der Waals surface area (Å²) in [6, 6.07) is 1.48. The van der Waals surface area contributed by atoms with Gasteiger partial charge in [-0.3, -0.25) is 0 Å². The van der Waals surface area contributed by atoms with Crippen LogP contribution in [-0.2, 0) is 0 Å². The molecule has 0 aliphatic carbocycles. The van der Waals surface area contributed by atoms with E-state index in [-0.39, 0.29) is 23.7 Å². The monoisotopic (exact) mass is 197 g/mol. The molecule has 0 aliphatic heterocycles. The predicted octanol–water partition coefficient (Wildman–Crippen LogP) is 1.86. The number of rotatable bonds is 3. The number of nitrogens with two attached hydrogens (primary N) is 1. The molecule has 1 aromatic rings. The van der Waals surface area contributed by atoms with Crippen LogP contribution < -0.4 is 11.1 Å². The quantitative estimate of drug-likeness (QED) is 0.777. The molecule has 3 nitrogen and oxygen atoms in total. The molecule has 1 heterocycles. The maximum atomic E-state index is 13.4. The Balaban J connectivity index is 2.94. The summed E-state index contributed by atoms with van der Waals surface area (Å²) < 4.78 is 13.4. The molecule has 1 rings (SSSR count). The van der Waals surface area contributed by atoms with Crippen molar-refractivity contribution in [2.24, 2.45) is 0 Å². The van der Waals surface area contributed by atoms with Crippen LogP contribution in [0.15, 0.2) is 12.3 Å². The van der Waals surface area contributed by atoms with Crippen LogP contribution in [0.5, 0.6) is 0 Å². The van der Waals surface area contributed by atoms with Gasteiger partial charge in [-0.1, -0.05) is 13.8 Å². The molecule has 4 heteroatoms. The van der Waals surface area contributed by atoms with Crippen molar-refractivity contribution in [2.75, 3.05) is 5.73 Å². The van der Waals surface area contributed by atoms with Crippen LogP contribution in [-0.4, -0.2) is 11.0 Å². The number of halogens is 1. The standard InChI is InChI=1S/C10H16FN3/c1-6(2)14-7(3)9-8(11)4-5-13-10(9)12/h4-7,14H,1-3H3,(H2,12,13). The number of anilines is 1. The summed E-state index contributed by atoms with van der Waals surface area (Å²) in [5.41, 5.74) is 6.05. The van der Waals surface area contributed by atoms with Crippen LogP contribution in [0.1, 0.15) is 32.4 Å². The SMILES string of the molecule is CC(C)NC(C)c1c(F)ccnc1N. The van der Waals surface area contributed by atoms with Crippen molar-refractivity contribution in [1.82, 2.24) is 10.3 Å². The molecule has 0 amide bonds. The van der Waals surface area contributed by atoms with E-state index in [9.17, 15) is 4.39 Å². The molecule has 1 atom stereocenters. The molecule has 1 aromatic heterocycles. The minimum Gasteiger partial charge on any atom is -0.383 e. The van der Waals surface area contributed by atoms with E-state index >= 15 is 0 Å². The molecule has 0 saturated heterocycles. The van der Waals surface area contributed by atoms with Gasteiger partial charge in [-0.2, -0.15) is 0 Å². The molecule has 14 heavy (non-hydrogen) atoms. The first-order chi connectivity index (χ1) is 6.52. The average Bonchev–Trinajstić information content (AvgIpc) is 2.01. The third-order valence-corrected chi connectivity index (χ3v) is 1.98. The number of nitrogen functional groups attached to an aromatic ring is 1. The predicted molar refractivity (Wildman–Crippen MR) is 55.3 cm³/mol. The fourth-order valence-electron chi connectivity index (χ4n) is 1.48. The highest BCUT2D eigenvalue weighted by Crippen LogP contribution is 2.21. The Labute approximate surface area is 83.5 Å². The third kappa shape index (κ3) is 2.42. The van der Waals surface area contributed by atoms with Crippen molar-refractivity contribution < 1.29 is 4.39 Å². The highest BCUT2D eigenvalue weighted by atomic mass is 19.1. The molecule has 0 aromatic carbocycles. The van der Waals surface area contributed by atoms with E-state index in [1.54, 1.807) is 0 Å². The summed E-state index contributed by atoms with van der Waals surface area (Å²) in [4.78, 5) is 3.87. The Hall–Kier alpha value is -1.16. The molecular weight excluding hydrogens is 181 g/mol. The Morgan fingerprint density at radius 1 is 1.43 bits per heavy atom. The van der Waals surface area contributed by atoms with Gasteiger partial charge in [0.2, 0.25) is 0 Å². The second kappa shape index (κ2) is 4.37. The maximum Gasteiger partial charge on any atom is 0.133 e. The first-order valence-corrected chi connectivity index (χ1v) is 4.68. The smallest absolute Gasteiger partial charge is 0.133 e. The topological polar surface area (TPSA) is 50.9 Å². The maximum absolute atomic E-state index is 13.4. The Bertz CT molecular complexity index is 292. The second-order valence-corrected chi connectivity index (χ2v) is 3.63. The zero-order valence-electron chi connectivity index (χ0n) is 8.71. The molecule has 1 unspecified atom stereocenters. The summed E-state index contributed by atoms with van der Waals surface area (Å²) in [6.07, 6.45) is 1.37. The molecule has 0 bridgehead atoms. The van der Waals surface area contributed by atoms with Crippen molar-refractivity contribution in [3.05, 3.63) is 23.6 Å². The first-order valence-electron chi connectivity index (χ1n) is 4.68. The van der Waals surface area contributed by atoms with Gasteiger partial charge in [0.25, 0.3) is 0 Å². The van der Waals surface area contributed by atoms with Gasteiger partial charge in [0.15, 0.2) is 0 Å². The van der Waals surface area contributed by atoms with Crippen LogP contribution in [0.2, 0.25) is 0 Å². The normalized spacial score (nSPS) is 13.2. The van der Waals surface area contributed by atoms with Crippen LogP contribution in [0.4, 0.5) is 10.2 Å². The fraction of sp³-hybridized carbons (Fsp3) is 0.500. The Kier molecular flexibility index (Phi) is 3.41.